The average molecular weight is 251 g/mol. The van der Waals surface area contributed by atoms with E-state index in [1.54, 1.807) is 18.2 Å². The summed E-state index contributed by atoms with van der Waals surface area (Å²) in [6.07, 6.45) is 0.0188. The number of carbonyl (C=O) groups is 1. The van der Waals surface area contributed by atoms with Crippen LogP contribution in [0.25, 0.3) is 11.1 Å². The second kappa shape index (κ2) is 5.05. The fraction of sp³-hybridized carbons (Fsp3) is 0.333. The fourth-order valence-electron chi connectivity index (χ4n) is 1.78. The van der Waals surface area contributed by atoms with Crippen molar-refractivity contribution < 1.29 is 19.4 Å². The number of oxazole rings is 1. The number of nitrogens with one attached hydrogen (secondary N) is 1. The maximum atomic E-state index is 11.0. The van der Waals surface area contributed by atoms with E-state index >= 15 is 0 Å². The molecule has 0 aliphatic heterocycles. The second-order valence-corrected chi connectivity index (χ2v) is 4.07. The Morgan fingerprint density at radius 2 is 2.22 bits per heavy atom. The van der Waals surface area contributed by atoms with Gasteiger partial charge in [0.2, 0.25) is 0 Å². The summed E-state index contributed by atoms with van der Waals surface area (Å²) in [6, 6.07) is 4.91. The molecule has 0 radical (unpaired) electrons. The smallest absolute Gasteiger partial charge is 0.417 e. The number of benzene rings is 1. The van der Waals surface area contributed by atoms with Crippen molar-refractivity contribution in [3.63, 3.8) is 0 Å². The zero-order valence-corrected chi connectivity index (χ0v) is 9.55. The first-order chi connectivity index (χ1) is 8.56. The lowest BCUT2D eigenvalue weighted by atomic mass is 10.0. The molecule has 0 aliphatic carbocycles. The molecule has 6 heteroatoms. The first-order valence-electron chi connectivity index (χ1n) is 5.59. The highest BCUT2D eigenvalue weighted by Crippen LogP contribution is 2.22. The van der Waals surface area contributed by atoms with Crippen molar-refractivity contribution in [1.29, 1.82) is 0 Å². The van der Waals surface area contributed by atoms with E-state index in [1.165, 1.54) is 0 Å². The normalized spacial score (nSPS) is 12.7. The molecule has 96 valence electrons. The molecule has 0 spiro atoms. The molecule has 3 N–H and O–H groups in total. The quantitative estimate of drug-likeness (QED) is 0.745. The molecule has 18 heavy (non-hydrogen) atoms. The zero-order valence-electron chi connectivity index (χ0n) is 9.55. The molecule has 0 fully saturated rings. The molecule has 1 aromatic carbocycles. The van der Waals surface area contributed by atoms with Crippen LogP contribution in [0.5, 0.6) is 0 Å². The fourth-order valence-corrected chi connectivity index (χ4v) is 1.78. The lowest BCUT2D eigenvalue weighted by molar-refractivity contribution is -0.137. The van der Waals surface area contributed by atoms with Crippen molar-refractivity contribution in [3.8, 4) is 0 Å². The van der Waals surface area contributed by atoms with Gasteiger partial charge in [0.15, 0.2) is 5.58 Å². The minimum absolute atomic E-state index is 0.0263. The van der Waals surface area contributed by atoms with E-state index in [2.05, 4.69) is 4.98 Å². The summed E-state index contributed by atoms with van der Waals surface area (Å²) in [6.45, 7) is 0. The molecule has 1 heterocycles. The number of carboxylic acids is 1. The van der Waals surface area contributed by atoms with Crippen LogP contribution in [0.2, 0.25) is 0 Å². The van der Waals surface area contributed by atoms with Crippen molar-refractivity contribution in [2.24, 2.45) is 0 Å². The minimum atomic E-state index is -0.880. The zero-order chi connectivity index (χ0) is 13.1. The molecule has 2 aromatic rings. The predicted molar refractivity (Wildman–Crippen MR) is 63.3 cm³/mol. The van der Waals surface area contributed by atoms with E-state index in [9.17, 15) is 14.7 Å². The number of rotatable bonds is 5. The molecule has 1 atom stereocenters. The average Bonchev–Trinajstić information content (AvgIpc) is 2.67. The van der Waals surface area contributed by atoms with E-state index in [1.807, 2.05) is 0 Å². The van der Waals surface area contributed by atoms with Gasteiger partial charge in [0, 0.05) is 6.42 Å². The van der Waals surface area contributed by atoms with Crippen LogP contribution in [-0.2, 0) is 4.79 Å². The molecule has 0 aliphatic rings. The van der Waals surface area contributed by atoms with Gasteiger partial charge in [0.25, 0.3) is 0 Å². The topological polar surface area (TPSA) is 104 Å². The van der Waals surface area contributed by atoms with Crippen molar-refractivity contribution in [3.05, 3.63) is 34.3 Å². The van der Waals surface area contributed by atoms with Crippen LogP contribution in [0.4, 0.5) is 0 Å². The van der Waals surface area contributed by atoms with Gasteiger partial charge in [0.1, 0.15) is 0 Å². The van der Waals surface area contributed by atoms with Crippen LogP contribution in [0, 0.1) is 0 Å². The lowest BCUT2D eigenvalue weighted by Crippen LogP contribution is -2.00. The number of hydrogen-bond acceptors (Lipinski definition) is 4. The highest BCUT2D eigenvalue weighted by molar-refractivity contribution is 5.72. The molecule has 0 saturated carbocycles. The number of carboxylic acid groups (broad SMARTS) is 1. The monoisotopic (exact) mass is 251 g/mol. The van der Waals surface area contributed by atoms with Gasteiger partial charge in [0.05, 0.1) is 11.6 Å². The Labute approximate surface area is 102 Å². The molecule has 0 amide bonds. The Morgan fingerprint density at radius 1 is 1.44 bits per heavy atom. The van der Waals surface area contributed by atoms with Gasteiger partial charge < -0.3 is 14.6 Å². The van der Waals surface area contributed by atoms with E-state index < -0.39 is 17.8 Å². The highest BCUT2D eigenvalue weighted by atomic mass is 16.4. The van der Waals surface area contributed by atoms with Crippen molar-refractivity contribution in [1.82, 2.24) is 4.98 Å². The standard InChI is InChI=1S/C12H13NO5/c14-9(2-1-3-11(15)16)7-4-5-8-10(6-7)18-12(17)13-8/h4-6,9,14H,1-3H2,(H,13,17)(H,15,16)/t9-/m1/s1. The van der Waals surface area contributed by atoms with E-state index in [-0.39, 0.29) is 6.42 Å². The summed E-state index contributed by atoms with van der Waals surface area (Å²) < 4.78 is 4.89. The van der Waals surface area contributed by atoms with Gasteiger partial charge >= 0.3 is 11.7 Å². The number of hydrogen-bond donors (Lipinski definition) is 3. The third-order valence-electron chi connectivity index (χ3n) is 2.70. The summed E-state index contributed by atoms with van der Waals surface area (Å²) >= 11 is 0. The first kappa shape index (κ1) is 12.4. The predicted octanol–water partition coefficient (Wildman–Crippen LogP) is 1.41. The largest absolute Gasteiger partial charge is 0.481 e. The summed E-state index contributed by atoms with van der Waals surface area (Å²) in [5.74, 6) is -1.42. The Hall–Kier alpha value is -2.08. The molecule has 0 unspecified atom stereocenters. The van der Waals surface area contributed by atoms with E-state index in [4.69, 9.17) is 9.52 Å². The molecule has 6 nitrogen and oxygen atoms in total. The van der Waals surface area contributed by atoms with Crippen LogP contribution in [0.3, 0.4) is 0 Å². The summed E-state index contributed by atoms with van der Waals surface area (Å²) in [5, 5.41) is 18.4. The third kappa shape index (κ3) is 2.78. The minimum Gasteiger partial charge on any atom is -0.481 e. The molecular formula is C12H13NO5. The Morgan fingerprint density at radius 3 is 2.94 bits per heavy atom. The molecule has 0 bridgehead atoms. The Balaban J connectivity index is 2.09. The van der Waals surface area contributed by atoms with E-state index in [0.717, 1.165) is 0 Å². The van der Waals surface area contributed by atoms with Gasteiger partial charge in [-0.25, -0.2) is 4.79 Å². The third-order valence-corrected chi connectivity index (χ3v) is 2.70. The van der Waals surface area contributed by atoms with Gasteiger partial charge in [-0.1, -0.05) is 6.07 Å². The summed E-state index contributed by atoms with van der Waals surface area (Å²) in [5.41, 5.74) is 1.56. The van der Waals surface area contributed by atoms with Crippen LogP contribution < -0.4 is 5.76 Å². The molecule has 2 rings (SSSR count). The number of fused-ring (bicyclic) bond motifs is 1. The maximum Gasteiger partial charge on any atom is 0.417 e. The van der Waals surface area contributed by atoms with Gasteiger partial charge in [-0.05, 0) is 30.5 Å². The molecule has 0 saturated heterocycles. The number of aliphatic hydroxyl groups is 1. The number of aromatic nitrogens is 1. The van der Waals surface area contributed by atoms with E-state index in [0.29, 0.717) is 29.5 Å². The van der Waals surface area contributed by atoms with Gasteiger partial charge in [-0.3, -0.25) is 9.78 Å². The lowest BCUT2D eigenvalue weighted by Gasteiger charge is -2.09. The van der Waals surface area contributed by atoms with Crippen LogP contribution >= 0.6 is 0 Å². The van der Waals surface area contributed by atoms with Crippen molar-refractivity contribution in [2.75, 3.05) is 0 Å². The maximum absolute atomic E-state index is 11.0. The summed E-state index contributed by atoms with van der Waals surface area (Å²) in [4.78, 5) is 23.8. The van der Waals surface area contributed by atoms with Crippen molar-refractivity contribution in [2.45, 2.75) is 25.4 Å². The van der Waals surface area contributed by atoms with Crippen LogP contribution in [0.15, 0.2) is 27.4 Å². The molecule has 1 aromatic heterocycles. The highest BCUT2D eigenvalue weighted by Gasteiger charge is 2.10. The second-order valence-electron chi connectivity index (χ2n) is 4.07. The first-order valence-corrected chi connectivity index (χ1v) is 5.59. The van der Waals surface area contributed by atoms with Crippen LogP contribution in [0.1, 0.15) is 30.9 Å². The Bertz CT molecular complexity index is 612. The van der Waals surface area contributed by atoms with Gasteiger partial charge in [-0.15, -0.1) is 0 Å². The SMILES string of the molecule is O=C(O)CCC[C@@H](O)c1ccc2[nH]c(=O)oc2c1. The number of H-pyrrole nitrogens is 1. The van der Waals surface area contributed by atoms with Gasteiger partial charge in [-0.2, -0.15) is 0 Å². The van der Waals surface area contributed by atoms with Crippen molar-refractivity contribution >= 4 is 17.1 Å². The number of aromatic amines is 1. The number of aliphatic carboxylic acids is 1. The van der Waals surface area contributed by atoms with Crippen LogP contribution in [-0.4, -0.2) is 21.2 Å². The summed E-state index contributed by atoms with van der Waals surface area (Å²) in [7, 11) is 0. The molecular weight excluding hydrogens is 238 g/mol. The number of aliphatic hydroxyl groups excluding tert-OH is 1. The Kier molecular flexibility index (Phi) is 3.47.